The molecule has 0 fully saturated rings. The molecule has 1 aromatic heterocycles. The second-order valence-corrected chi connectivity index (χ2v) is 7.18. The zero-order valence-electron chi connectivity index (χ0n) is 16.5. The Morgan fingerprint density at radius 2 is 1.91 bits per heavy atom. The maximum absolute atomic E-state index is 13.7. The SMILES string of the molecule is C[C@H](NC(=O)Cn1cncc(-c2ccc(Cl)c(F)c2)c1=O)c1ccc(OC(F)(F)F)cc1. The Kier molecular flexibility index (Phi) is 6.83. The van der Waals surface area contributed by atoms with Crippen LogP contribution in [0.15, 0.2) is 59.8 Å². The Morgan fingerprint density at radius 3 is 2.53 bits per heavy atom. The molecule has 0 radical (unpaired) electrons. The molecular weight excluding hydrogens is 454 g/mol. The molecule has 0 spiro atoms. The smallest absolute Gasteiger partial charge is 0.406 e. The summed E-state index contributed by atoms with van der Waals surface area (Å²) < 4.78 is 55.3. The Bertz CT molecular complexity index is 1180. The van der Waals surface area contributed by atoms with Gasteiger partial charge in [-0.25, -0.2) is 9.37 Å². The lowest BCUT2D eigenvalue weighted by atomic mass is 10.1. The quantitative estimate of drug-likeness (QED) is 0.540. The molecule has 6 nitrogen and oxygen atoms in total. The van der Waals surface area contributed by atoms with Crippen molar-refractivity contribution in [3.8, 4) is 16.9 Å². The van der Waals surface area contributed by atoms with Gasteiger partial charge in [0.15, 0.2) is 0 Å². The van der Waals surface area contributed by atoms with Crippen LogP contribution in [0, 0.1) is 5.82 Å². The van der Waals surface area contributed by atoms with E-state index >= 15 is 0 Å². The predicted octanol–water partition coefficient (Wildman–Crippen LogP) is 4.48. The Labute approximate surface area is 184 Å². The third-order valence-corrected chi connectivity index (χ3v) is 4.74. The first-order valence-electron chi connectivity index (χ1n) is 9.18. The summed E-state index contributed by atoms with van der Waals surface area (Å²) in [6, 6.07) is 8.35. The second-order valence-electron chi connectivity index (χ2n) is 6.78. The number of nitrogens with zero attached hydrogens (tertiary/aromatic N) is 2. The predicted molar refractivity (Wildman–Crippen MR) is 109 cm³/mol. The van der Waals surface area contributed by atoms with Gasteiger partial charge in [-0.05, 0) is 42.3 Å². The second kappa shape index (κ2) is 9.39. The molecule has 3 rings (SSSR count). The van der Waals surface area contributed by atoms with Crippen molar-refractivity contribution in [3.63, 3.8) is 0 Å². The largest absolute Gasteiger partial charge is 0.573 e. The number of amides is 1. The maximum Gasteiger partial charge on any atom is 0.573 e. The molecule has 0 bridgehead atoms. The van der Waals surface area contributed by atoms with Gasteiger partial charge in [0.1, 0.15) is 18.1 Å². The number of nitrogens with one attached hydrogen (secondary N) is 1. The molecule has 0 saturated carbocycles. The number of halogens is 5. The summed E-state index contributed by atoms with van der Waals surface area (Å²) in [7, 11) is 0. The van der Waals surface area contributed by atoms with Crippen LogP contribution in [-0.4, -0.2) is 21.8 Å². The van der Waals surface area contributed by atoms with Crippen molar-refractivity contribution in [1.29, 1.82) is 0 Å². The van der Waals surface area contributed by atoms with Crippen molar-refractivity contribution in [3.05, 3.63) is 81.7 Å². The topological polar surface area (TPSA) is 73.2 Å². The van der Waals surface area contributed by atoms with Gasteiger partial charge in [0, 0.05) is 6.20 Å². The van der Waals surface area contributed by atoms with E-state index in [9.17, 15) is 27.2 Å². The van der Waals surface area contributed by atoms with Crippen molar-refractivity contribution in [2.75, 3.05) is 0 Å². The minimum absolute atomic E-state index is 0.0872. The molecule has 2 aromatic carbocycles. The van der Waals surface area contributed by atoms with Gasteiger partial charge < -0.3 is 10.1 Å². The third kappa shape index (κ3) is 5.85. The van der Waals surface area contributed by atoms with E-state index in [1.165, 1.54) is 36.8 Å². The minimum Gasteiger partial charge on any atom is -0.406 e. The van der Waals surface area contributed by atoms with Gasteiger partial charge in [-0.3, -0.25) is 14.2 Å². The van der Waals surface area contributed by atoms with E-state index in [2.05, 4.69) is 15.0 Å². The number of ether oxygens (including phenoxy) is 1. The highest BCUT2D eigenvalue weighted by molar-refractivity contribution is 6.30. The van der Waals surface area contributed by atoms with Gasteiger partial charge in [0.25, 0.3) is 5.56 Å². The van der Waals surface area contributed by atoms with Crippen LogP contribution in [0.25, 0.3) is 11.1 Å². The van der Waals surface area contributed by atoms with E-state index in [1.54, 1.807) is 6.92 Å². The van der Waals surface area contributed by atoms with Crippen LogP contribution in [0.3, 0.4) is 0 Å². The number of hydrogen-bond acceptors (Lipinski definition) is 4. The summed E-state index contributed by atoms with van der Waals surface area (Å²) >= 11 is 5.66. The number of benzene rings is 2. The molecule has 1 atom stereocenters. The van der Waals surface area contributed by atoms with Crippen molar-refractivity contribution in [2.24, 2.45) is 0 Å². The first kappa shape index (κ1) is 23.3. The van der Waals surface area contributed by atoms with E-state index < -0.39 is 29.7 Å². The van der Waals surface area contributed by atoms with Crippen LogP contribution >= 0.6 is 11.6 Å². The fourth-order valence-electron chi connectivity index (χ4n) is 2.91. The maximum atomic E-state index is 13.7. The average molecular weight is 470 g/mol. The molecule has 168 valence electrons. The summed E-state index contributed by atoms with van der Waals surface area (Å²) in [5, 5.41) is 2.56. The number of hydrogen-bond donors (Lipinski definition) is 1. The Balaban J connectivity index is 1.69. The van der Waals surface area contributed by atoms with Crippen molar-refractivity contribution >= 4 is 17.5 Å². The zero-order chi connectivity index (χ0) is 23.5. The molecule has 1 N–H and O–H groups in total. The standard InChI is InChI=1S/C21H16ClF4N3O3/c1-12(13-2-5-15(6-3-13)32-21(24,25)26)28-19(30)10-29-11-27-9-16(20(29)31)14-4-7-17(22)18(23)8-14/h2-9,11-12H,10H2,1H3,(H,28,30)/t12-/m0/s1. The van der Waals surface area contributed by atoms with Crippen LogP contribution in [0.5, 0.6) is 5.75 Å². The first-order valence-corrected chi connectivity index (χ1v) is 9.56. The average Bonchev–Trinajstić information content (AvgIpc) is 2.71. The van der Waals surface area contributed by atoms with Crippen molar-refractivity contribution in [2.45, 2.75) is 25.9 Å². The molecule has 11 heteroatoms. The lowest BCUT2D eigenvalue weighted by Gasteiger charge is -2.16. The van der Waals surface area contributed by atoms with Crippen LogP contribution in [-0.2, 0) is 11.3 Å². The monoisotopic (exact) mass is 469 g/mol. The van der Waals surface area contributed by atoms with E-state index in [4.69, 9.17) is 11.6 Å². The van der Waals surface area contributed by atoms with Crippen LogP contribution in [0.1, 0.15) is 18.5 Å². The van der Waals surface area contributed by atoms with Crippen LogP contribution in [0.4, 0.5) is 17.6 Å². The molecular formula is C21H16ClF4N3O3. The summed E-state index contributed by atoms with van der Waals surface area (Å²) in [5.74, 6) is -1.61. The van der Waals surface area contributed by atoms with Crippen LogP contribution < -0.4 is 15.6 Å². The van der Waals surface area contributed by atoms with Crippen molar-refractivity contribution < 1.29 is 27.1 Å². The molecule has 3 aromatic rings. The highest BCUT2D eigenvalue weighted by atomic mass is 35.5. The first-order chi connectivity index (χ1) is 15.0. The summed E-state index contributed by atoms with van der Waals surface area (Å²) in [6.45, 7) is 1.26. The minimum atomic E-state index is -4.80. The molecule has 1 heterocycles. The van der Waals surface area contributed by atoms with Gasteiger partial charge in [0.05, 0.1) is 23.0 Å². The van der Waals surface area contributed by atoms with E-state index in [-0.39, 0.29) is 28.4 Å². The number of rotatable bonds is 6. The van der Waals surface area contributed by atoms with E-state index in [0.29, 0.717) is 5.56 Å². The van der Waals surface area contributed by atoms with Gasteiger partial charge in [-0.1, -0.05) is 29.8 Å². The third-order valence-electron chi connectivity index (χ3n) is 4.44. The summed E-state index contributed by atoms with van der Waals surface area (Å²) in [4.78, 5) is 29.0. The fourth-order valence-corrected chi connectivity index (χ4v) is 3.03. The van der Waals surface area contributed by atoms with Gasteiger partial charge in [-0.2, -0.15) is 0 Å². The molecule has 32 heavy (non-hydrogen) atoms. The summed E-state index contributed by atoms with van der Waals surface area (Å²) in [5.41, 5.74) is 0.319. The molecule has 1 amide bonds. The molecule has 0 aliphatic carbocycles. The molecule has 0 saturated heterocycles. The summed E-state index contributed by atoms with van der Waals surface area (Å²) in [6.07, 6.45) is -2.37. The van der Waals surface area contributed by atoms with Gasteiger partial charge >= 0.3 is 6.36 Å². The van der Waals surface area contributed by atoms with E-state index in [0.717, 1.165) is 22.8 Å². The van der Waals surface area contributed by atoms with Crippen LogP contribution in [0.2, 0.25) is 5.02 Å². The Morgan fingerprint density at radius 1 is 1.22 bits per heavy atom. The lowest BCUT2D eigenvalue weighted by Crippen LogP contribution is -2.34. The highest BCUT2D eigenvalue weighted by Gasteiger charge is 2.31. The number of aromatic nitrogens is 2. The number of alkyl halides is 3. The number of carbonyl (C=O) groups is 1. The normalized spacial score (nSPS) is 12.3. The van der Waals surface area contributed by atoms with Gasteiger partial charge in [0.2, 0.25) is 5.91 Å². The molecule has 0 aliphatic rings. The molecule has 0 aliphatic heterocycles. The van der Waals surface area contributed by atoms with E-state index in [1.807, 2.05) is 0 Å². The number of carbonyl (C=O) groups excluding carboxylic acids is 1. The lowest BCUT2D eigenvalue weighted by molar-refractivity contribution is -0.274. The highest BCUT2D eigenvalue weighted by Crippen LogP contribution is 2.24. The molecule has 0 unspecified atom stereocenters. The Hall–Kier alpha value is -3.40. The zero-order valence-corrected chi connectivity index (χ0v) is 17.2. The van der Waals surface area contributed by atoms with Gasteiger partial charge in [-0.15, -0.1) is 13.2 Å². The fraction of sp³-hybridized carbons (Fsp3) is 0.190. The van der Waals surface area contributed by atoms with Crippen molar-refractivity contribution in [1.82, 2.24) is 14.9 Å².